The summed E-state index contributed by atoms with van der Waals surface area (Å²) < 4.78 is 0. The van der Waals surface area contributed by atoms with Crippen LogP contribution in [-0.2, 0) is 6.42 Å². The Morgan fingerprint density at radius 3 is 1.49 bits per heavy atom. The molecular weight excluding hydrogens is 535 g/mol. The van der Waals surface area contributed by atoms with Crippen LogP contribution in [0.25, 0.3) is 0 Å². The third kappa shape index (κ3) is 8.13. The number of rotatable bonds is 10. The van der Waals surface area contributed by atoms with Crippen molar-refractivity contribution < 1.29 is 0 Å². The largest absolute Gasteiger partial charge is 0.359 e. The van der Waals surface area contributed by atoms with Gasteiger partial charge in [-0.3, -0.25) is 0 Å². The van der Waals surface area contributed by atoms with Crippen LogP contribution >= 0.6 is 20.1 Å². The van der Waals surface area contributed by atoms with Gasteiger partial charge in [-0.15, -0.1) is 0 Å². The topological polar surface area (TPSA) is 24.1 Å². The summed E-state index contributed by atoms with van der Waals surface area (Å²) in [4.78, 5) is 0. The van der Waals surface area contributed by atoms with E-state index in [0.717, 1.165) is 12.6 Å². The van der Waals surface area contributed by atoms with Crippen molar-refractivity contribution in [1.82, 2.24) is 10.6 Å². The Hall–Kier alpha value is -3.78. The third-order valence-electron chi connectivity index (χ3n) is 7.30. The molecule has 0 saturated carbocycles. The average molecular weight is 573 g/mol. The van der Waals surface area contributed by atoms with Gasteiger partial charge in [-0.25, -0.2) is 0 Å². The summed E-state index contributed by atoms with van der Waals surface area (Å²) in [6.07, 6.45) is 1.86. The second-order valence-corrected chi connectivity index (χ2v) is 13.2. The molecule has 0 aliphatic rings. The van der Waals surface area contributed by atoms with Gasteiger partial charge in [0, 0.05) is 6.04 Å². The Morgan fingerprint density at radius 2 is 1.02 bits per heavy atom. The molecule has 0 spiro atoms. The summed E-state index contributed by atoms with van der Waals surface area (Å²) in [6, 6.07) is 50.1. The van der Waals surface area contributed by atoms with E-state index in [4.69, 9.17) is 12.2 Å². The molecule has 5 aromatic rings. The van der Waals surface area contributed by atoms with Crippen molar-refractivity contribution in [3.63, 3.8) is 0 Å². The zero-order valence-corrected chi connectivity index (χ0v) is 25.4. The maximum Gasteiger partial charge on any atom is 0.167 e. The van der Waals surface area contributed by atoms with Crippen LogP contribution in [0.15, 0.2) is 140 Å². The van der Waals surface area contributed by atoms with Crippen molar-refractivity contribution in [2.75, 3.05) is 6.16 Å². The molecule has 0 heterocycles. The number of nitrogens with one attached hydrogen (secondary N) is 2. The molecule has 0 bridgehead atoms. The molecule has 0 aromatic heterocycles. The second kappa shape index (κ2) is 14.2. The standard InChI is InChI=1S/C37H37N2PS/c1-28-18-22-31(23-19-28)36(32-24-20-29(2)21-25-32)39-37(41)38-33(26-30-12-6-3-7-13-30)27-40(34-14-8-4-9-15-34)35-16-10-5-11-17-35/h3-25,33,36H,26-27H2,1-2H3,(H2,38,39,41)/t33-/m0/s1. The molecule has 2 N–H and O–H groups in total. The number of benzene rings is 5. The van der Waals surface area contributed by atoms with E-state index >= 15 is 0 Å². The van der Waals surface area contributed by atoms with Crippen molar-refractivity contribution >= 4 is 35.9 Å². The molecular formula is C37H37N2PS. The van der Waals surface area contributed by atoms with Gasteiger partial charge in [-0.2, -0.15) is 0 Å². The minimum Gasteiger partial charge on any atom is -0.359 e. The molecule has 2 nitrogen and oxygen atoms in total. The molecule has 0 aliphatic heterocycles. The minimum atomic E-state index is -0.582. The summed E-state index contributed by atoms with van der Waals surface area (Å²) in [5.74, 6) is 0. The van der Waals surface area contributed by atoms with E-state index in [0.29, 0.717) is 5.11 Å². The lowest BCUT2D eigenvalue weighted by atomic mass is 9.97. The first kappa shape index (κ1) is 28.7. The summed E-state index contributed by atoms with van der Waals surface area (Å²) in [6.45, 7) is 4.24. The van der Waals surface area contributed by atoms with E-state index in [1.165, 1.54) is 38.4 Å². The van der Waals surface area contributed by atoms with Crippen LogP contribution in [0.5, 0.6) is 0 Å². The number of hydrogen-bond acceptors (Lipinski definition) is 1. The van der Waals surface area contributed by atoms with E-state index in [1.807, 2.05) is 0 Å². The molecule has 0 radical (unpaired) electrons. The van der Waals surface area contributed by atoms with Gasteiger partial charge in [0.1, 0.15) is 0 Å². The molecule has 0 saturated heterocycles. The van der Waals surface area contributed by atoms with Gasteiger partial charge in [-0.05, 0) is 73.9 Å². The predicted molar refractivity (Wildman–Crippen MR) is 181 cm³/mol. The van der Waals surface area contributed by atoms with E-state index in [1.54, 1.807) is 0 Å². The molecule has 0 amide bonds. The Morgan fingerprint density at radius 1 is 0.585 bits per heavy atom. The average Bonchev–Trinajstić information content (AvgIpc) is 3.01. The van der Waals surface area contributed by atoms with Crippen molar-refractivity contribution in [3.05, 3.63) is 167 Å². The second-order valence-electron chi connectivity index (χ2n) is 10.5. The van der Waals surface area contributed by atoms with Gasteiger partial charge in [0.15, 0.2) is 5.11 Å². The number of thiocarbonyl (C=S) groups is 1. The molecule has 4 heteroatoms. The van der Waals surface area contributed by atoms with Gasteiger partial charge in [0.2, 0.25) is 0 Å². The monoisotopic (exact) mass is 572 g/mol. The first-order valence-electron chi connectivity index (χ1n) is 14.2. The zero-order valence-electron chi connectivity index (χ0n) is 23.7. The SMILES string of the molecule is Cc1ccc(C(NC(=S)N[C@@H](Cc2ccccc2)CP(c2ccccc2)c2ccccc2)c2ccc(C)cc2)cc1. The number of hydrogen-bond donors (Lipinski definition) is 2. The normalized spacial score (nSPS) is 11.8. The molecule has 0 unspecified atom stereocenters. The summed E-state index contributed by atoms with van der Waals surface area (Å²) in [7, 11) is -0.582. The fourth-order valence-electron chi connectivity index (χ4n) is 5.09. The van der Waals surface area contributed by atoms with Crippen LogP contribution in [-0.4, -0.2) is 17.3 Å². The highest BCUT2D eigenvalue weighted by atomic mass is 32.1. The van der Waals surface area contributed by atoms with Crippen molar-refractivity contribution in [3.8, 4) is 0 Å². The first-order chi connectivity index (χ1) is 20.0. The van der Waals surface area contributed by atoms with E-state index < -0.39 is 7.92 Å². The van der Waals surface area contributed by atoms with Gasteiger partial charge < -0.3 is 10.6 Å². The molecule has 0 aliphatic carbocycles. The molecule has 206 valence electrons. The van der Waals surface area contributed by atoms with Crippen molar-refractivity contribution in [2.45, 2.75) is 32.4 Å². The highest BCUT2D eigenvalue weighted by Crippen LogP contribution is 2.35. The lowest BCUT2D eigenvalue weighted by Gasteiger charge is -2.29. The molecule has 0 fully saturated rings. The summed E-state index contributed by atoms with van der Waals surface area (Å²) >= 11 is 6.05. The Balaban J connectivity index is 1.42. The van der Waals surface area contributed by atoms with Crippen LogP contribution in [0.1, 0.15) is 33.9 Å². The van der Waals surface area contributed by atoms with Gasteiger partial charge in [-0.1, -0.05) is 151 Å². The van der Waals surface area contributed by atoms with Gasteiger partial charge in [0.25, 0.3) is 0 Å². The van der Waals surface area contributed by atoms with Crippen LogP contribution in [0.4, 0.5) is 0 Å². The van der Waals surface area contributed by atoms with Gasteiger partial charge >= 0.3 is 0 Å². The van der Waals surface area contributed by atoms with Gasteiger partial charge in [0.05, 0.1) is 6.04 Å². The van der Waals surface area contributed by atoms with E-state index in [-0.39, 0.29) is 12.1 Å². The maximum atomic E-state index is 6.05. The molecule has 1 atom stereocenters. The minimum absolute atomic E-state index is 0.0432. The van der Waals surface area contributed by atoms with E-state index in [2.05, 4.69) is 164 Å². The quantitative estimate of drug-likeness (QED) is 0.133. The predicted octanol–water partition coefficient (Wildman–Crippen LogP) is 7.60. The molecule has 5 rings (SSSR count). The summed E-state index contributed by atoms with van der Waals surface area (Å²) in [5.41, 5.74) is 6.18. The molecule has 41 heavy (non-hydrogen) atoms. The smallest absolute Gasteiger partial charge is 0.167 e. The zero-order chi connectivity index (χ0) is 28.4. The summed E-state index contributed by atoms with van der Waals surface area (Å²) in [5, 5.41) is 10.9. The lowest BCUT2D eigenvalue weighted by molar-refractivity contribution is 0.642. The van der Waals surface area contributed by atoms with Crippen molar-refractivity contribution in [2.24, 2.45) is 0 Å². The fourth-order valence-corrected chi connectivity index (χ4v) is 7.82. The van der Waals surface area contributed by atoms with E-state index in [9.17, 15) is 0 Å². The number of aryl methyl sites for hydroxylation is 2. The highest BCUT2D eigenvalue weighted by molar-refractivity contribution is 7.80. The highest BCUT2D eigenvalue weighted by Gasteiger charge is 2.22. The Bertz CT molecular complexity index is 1420. The Kier molecular flexibility index (Phi) is 9.96. The van der Waals surface area contributed by atoms with Crippen LogP contribution in [0, 0.1) is 13.8 Å². The van der Waals surface area contributed by atoms with Crippen molar-refractivity contribution in [1.29, 1.82) is 0 Å². The third-order valence-corrected chi connectivity index (χ3v) is 10.2. The van der Waals surface area contributed by atoms with Crippen LogP contribution < -0.4 is 21.2 Å². The Labute approximate surface area is 251 Å². The first-order valence-corrected chi connectivity index (χ1v) is 16.1. The molecule has 5 aromatic carbocycles. The van der Waals surface area contributed by atoms with Crippen LogP contribution in [0.3, 0.4) is 0 Å². The fraction of sp³-hybridized carbons (Fsp3) is 0.162. The van der Waals surface area contributed by atoms with Crippen LogP contribution in [0.2, 0.25) is 0 Å². The maximum absolute atomic E-state index is 6.05. The lowest BCUT2D eigenvalue weighted by Crippen LogP contribution is -2.46.